The van der Waals surface area contributed by atoms with Crippen LogP contribution >= 0.6 is 0 Å². The summed E-state index contributed by atoms with van der Waals surface area (Å²) in [6.07, 6.45) is 9.23. The lowest BCUT2D eigenvalue weighted by Crippen LogP contribution is -2.68. The Morgan fingerprint density at radius 2 is 2.00 bits per heavy atom. The number of primary amides is 1. The number of carbonyl (C=O) groups is 1. The molecule has 0 spiro atoms. The number of morpholine rings is 1. The third kappa shape index (κ3) is 4.84. The molecule has 236 valence electrons. The van der Waals surface area contributed by atoms with Crippen molar-refractivity contribution in [1.29, 1.82) is 0 Å². The van der Waals surface area contributed by atoms with Crippen molar-refractivity contribution in [3.63, 3.8) is 0 Å². The summed E-state index contributed by atoms with van der Waals surface area (Å²) in [6, 6.07) is 5.69. The molecular formula is C31H33N10O5+. The lowest BCUT2D eigenvalue weighted by Gasteiger charge is -2.27. The van der Waals surface area contributed by atoms with Crippen molar-refractivity contribution < 1.29 is 24.1 Å². The maximum absolute atomic E-state index is 13.0. The summed E-state index contributed by atoms with van der Waals surface area (Å²) in [7, 11) is 0. The molecule has 1 aromatic carbocycles. The molecule has 1 saturated heterocycles. The van der Waals surface area contributed by atoms with E-state index in [1.165, 1.54) is 18.7 Å². The molecule has 0 radical (unpaired) electrons. The molecule has 46 heavy (non-hydrogen) atoms. The van der Waals surface area contributed by atoms with Crippen molar-refractivity contribution in [2.24, 2.45) is 5.73 Å². The predicted octanol–water partition coefficient (Wildman–Crippen LogP) is 1.86. The maximum Gasteiger partial charge on any atom is 0.254 e. The summed E-state index contributed by atoms with van der Waals surface area (Å²) in [6.45, 7) is 2.34. The highest BCUT2D eigenvalue weighted by Crippen LogP contribution is 2.35. The summed E-state index contributed by atoms with van der Waals surface area (Å²) in [5, 5.41) is 20.0. The molecule has 15 nitrogen and oxygen atoms in total. The van der Waals surface area contributed by atoms with E-state index in [-0.39, 0.29) is 35.1 Å². The number of H-pyrrole nitrogens is 1. The third-order valence-corrected chi connectivity index (χ3v) is 9.05. The van der Waals surface area contributed by atoms with E-state index in [2.05, 4.69) is 31.4 Å². The number of nitrogens with zero attached hydrogens (tertiary/aromatic N) is 6. The fourth-order valence-corrected chi connectivity index (χ4v) is 6.65. The van der Waals surface area contributed by atoms with Crippen LogP contribution in [-0.4, -0.2) is 74.1 Å². The van der Waals surface area contributed by atoms with E-state index in [0.717, 1.165) is 47.7 Å². The second-order valence-electron chi connectivity index (χ2n) is 11.9. The number of furan rings is 1. The van der Waals surface area contributed by atoms with Crippen LogP contribution in [0.25, 0.3) is 38.8 Å². The van der Waals surface area contributed by atoms with Gasteiger partial charge in [0.25, 0.3) is 5.91 Å². The van der Waals surface area contributed by atoms with Gasteiger partial charge in [-0.05, 0) is 36.1 Å². The van der Waals surface area contributed by atoms with Gasteiger partial charge in [0.1, 0.15) is 24.2 Å². The lowest BCUT2D eigenvalue weighted by molar-refractivity contribution is -0.427. The highest BCUT2D eigenvalue weighted by molar-refractivity contribution is 6.00. The van der Waals surface area contributed by atoms with E-state index in [1.807, 2.05) is 17.0 Å². The van der Waals surface area contributed by atoms with Crippen LogP contribution in [0.5, 0.6) is 0 Å². The number of benzene rings is 1. The van der Waals surface area contributed by atoms with Crippen LogP contribution in [0.2, 0.25) is 0 Å². The van der Waals surface area contributed by atoms with Crippen molar-refractivity contribution in [3.05, 3.63) is 64.0 Å². The number of ether oxygens (including phenoxy) is 1. The number of hydrogen-bond donors (Lipinski definition) is 4. The molecule has 2 aliphatic rings. The molecule has 5 aromatic heterocycles. The zero-order chi connectivity index (χ0) is 31.4. The van der Waals surface area contributed by atoms with Gasteiger partial charge in [0, 0.05) is 31.3 Å². The first-order valence-electron chi connectivity index (χ1n) is 15.4. The second kappa shape index (κ2) is 11.3. The van der Waals surface area contributed by atoms with E-state index < -0.39 is 5.91 Å². The first-order valence-corrected chi connectivity index (χ1v) is 15.4. The topological polar surface area (TPSA) is 210 Å². The predicted molar refractivity (Wildman–Crippen MR) is 168 cm³/mol. The Balaban J connectivity index is 1.24. The van der Waals surface area contributed by atoms with Gasteiger partial charge in [0.05, 0.1) is 48.3 Å². The number of aromatic nitrogens is 6. The second-order valence-corrected chi connectivity index (χ2v) is 11.9. The van der Waals surface area contributed by atoms with Crippen LogP contribution < -0.4 is 27.1 Å². The Morgan fingerprint density at radius 3 is 2.83 bits per heavy atom. The Bertz CT molecular complexity index is 2160. The van der Waals surface area contributed by atoms with Crippen molar-refractivity contribution in [2.75, 3.05) is 36.5 Å². The number of amides is 1. The highest BCUT2D eigenvalue weighted by Gasteiger charge is 2.28. The summed E-state index contributed by atoms with van der Waals surface area (Å²) in [4.78, 5) is 32.8. The molecule has 6 aromatic rings. The standard InChI is InChI=1S/C31H32N10O5/c32-20-3-1-2-4-21(20)36-31-37-22(25(29(33)43)30-39-35-15-41(30)31)11-17-9-16(10-18-13-34-38-26(17)18)19-14-45-28-23(42)12-24(46-27(19)28)40-5-7-44-8-6-40/h9-10,12-15,20-21H,1-8,11,32H2,(H2,33,43)(H,34,38)(H,36,37)/p+1/t20-,21+/m1/s1. The fraction of sp³-hybridized carbons (Fsp3) is 0.355. The van der Waals surface area contributed by atoms with E-state index in [4.69, 9.17) is 24.3 Å². The number of anilines is 2. The minimum Gasteiger partial charge on any atom is -0.456 e. The lowest BCUT2D eigenvalue weighted by atomic mass is 9.91. The number of aromatic amines is 1. The maximum atomic E-state index is 13.0. The van der Waals surface area contributed by atoms with Crippen molar-refractivity contribution in [3.8, 4) is 11.1 Å². The van der Waals surface area contributed by atoms with Gasteiger partial charge in [-0.25, -0.2) is 4.98 Å². The summed E-state index contributed by atoms with van der Waals surface area (Å²) in [5.41, 5.74) is 14.4. The van der Waals surface area contributed by atoms with Crippen LogP contribution in [0.4, 0.5) is 11.8 Å². The summed E-state index contributed by atoms with van der Waals surface area (Å²) in [5.74, 6) is 0.332. The largest absolute Gasteiger partial charge is 0.456 e. The molecule has 0 unspecified atom stereocenters. The Kier molecular flexibility index (Phi) is 6.91. The molecule has 6 heterocycles. The molecule has 7 N–H and O–H groups in total. The van der Waals surface area contributed by atoms with Crippen LogP contribution in [-0.2, 0) is 11.2 Å². The van der Waals surface area contributed by atoms with Crippen molar-refractivity contribution >= 4 is 45.5 Å². The van der Waals surface area contributed by atoms with Crippen molar-refractivity contribution in [2.45, 2.75) is 44.2 Å². The van der Waals surface area contributed by atoms with E-state index in [1.54, 1.807) is 10.6 Å². The zero-order valence-electron chi connectivity index (χ0n) is 25.0. The smallest absolute Gasteiger partial charge is 0.254 e. The minimum absolute atomic E-state index is 0.119. The molecule has 1 aliphatic heterocycles. The van der Waals surface area contributed by atoms with Gasteiger partial charge in [-0.2, -0.15) is 5.10 Å². The summed E-state index contributed by atoms with van der Waals surface area (Å²) >= 11 is 0. The molecule has 2 atom stereocenters. The highest BCUT2D eigenvalue weighted by atomic mass is 16.5. The Morgan fingerprint density at radius 1 is 1.15 bits per heavy atom. The average molecular weight is 626 g/mol. The van der Waals surface area contributed by atoms with Crippen molar-refractivity contribution in [1.82, 2.24) is 29.8 Å². The number of nitrogens with one attached hydrogen (secondary N) is 2. The number of hydrogen-bond acceptors (Lipinski definition) is 11. The first-order chi connectivity index (χ1) is 22.4. The van der Waals surface area contributed by atoms with E-state index in [0.29, 0.717) is 60.6 Å². The molecule has 1 aliphatic carbocycles. The molecule has 8 rings (SSSR count). The van der Waals surface area contributed by atoms with Crippen LogP contribution in [0.1, 0.15) is 47.3 Å². The van der Waals surface area contributed by atoms with Gasteiger partial charge in [-0.1, -0.05) is 6.42 Å². The van der Waals surface area contributed by atoms with Gasteiger partial charge in [0.15, 0.2) is 17.1 Å². The third-order valence-electron chi connectivity index (χ3n) is 9.05. The van der Waals surface area contributed by atoms with Gasteiger partial charge >= 0.3 is 0 Å². The van der Waals surface area contributed by atoms with Gasteiger partial charge in [-0.15, -0.1) is 10.2 Å². The fourth-order valence-electron chi connectivity index (χ4n) is 6.65. The number of rotatable bonds is 7. The molecular weight excluding hydrogens is 592 g/mol. The van der Waals surface area contributed by atoms with Crippen LogP contribution in [0.3, 0.4) is 0 Å². The van der Waals surface area contributed by atoms with E-state index in [9.17, 15) is 9.59 Å². The first kappa shape index (κ1) is 28.2. The summed E-state index contributed by atoms with van der Waals surface area (Å²) < 4.78 is 19.2. The van der Waals surface area contributed by atoms with Gasteiger partial charge < -0.3 is 35.3 Å². The minimum atomic E-state index is -0.657. The normalized spacial score (nSPS) is 18.9. The molecule has 2 fully saturated rings. The van der Waals surface area contributed by atoms with Gasteiger partial charge in [-0.3, -0.25) is 19.1 Å². The SMILES string of the molecule is NC(=O)c1c(Cc2cc(-c3coc4c(=O)cc(N5CCOCC5)oc34)cc3cn[nH]c23)nc(N[C@H]2CCCC[C@H]2[NH3+])n2cnnc12. The molecule has 1 saturated carbocycles. The number of nitrogens with two attached hydrogens (primary N) is 1. The number of carbonyl (C=O) groups excluding carboxylic acids is 1. The average Bonchev–Trinajstić information content (AvgIpc) is 3.83. The quantitative estimate of drug-likeness (QED) is 0.201. The molecule has 1 amide bonds. The molecule has 0 bridgehead atoms. The van der Waals surface area contributed by atoms with Gasteiger partial charge in [0.2, 0.25) is 17.0 Å². The zero-order valence-corrected chi connectivity index (χ0v) is 25.0. The Hall–Kier alpha value is -5.28. The van der Waals surface area contributed by atoms with E-state index >= 15 is 0 Å². The monoisotopic (exact) mass is 625 g/mol. The number of quaternary nitrogens is 1. The van der Waals surface area contributed by atoms with Crippen LogP contribution in [0, 0.1) is 0 Å². The van der Waals surface area contributed by atoms with Crippen LogP contribution in [0.15, 0.2) is 50.6 Å². The number of fused-ring (bicyclic) bond motifs is 3. The Labute approximate surface area is 260 Å². The molecule has 15 heteroatoms.